The molecule has 0 radical (unpaired) electrons. The third-order valence-electron chi connectivity index (χ3n) is 5.20. The van der Waals surface area contributed by atoms with Crippen LogP contribution >= 0.6 is 23.2 Å². The number of carbonyl (C=O) groups excluding carboxylic acids is 1. The van der Waals surface area contributed by atoms with E-state index in [0.29, 0.717) is 11.4 Å². The average Bonchev–Trinajstić information content (AvgIpc) is 2.57. The molecule has 0 spiro atoms. The summed E-state index contributed by atoms with van der Waals surface area (Å²) in [7, 11) is 0. The Morgan fingerprint density at radius 2 is 2.00 bits per heavy atom. The first-order valence-corrected chi connectivity index (χ1v) is 9.24. The molecule has 0 bridgehead atoms. The van der Waals surface area contributed by atoms with Crippen molar-refractivity contribution < 1.29 is 19.4 Å². The maximum atomic E-state index is 12.1. The van der Waals surface area contributed by atoms with Crippen LogP contribution in [-0.4, -0.2) is 23.5 Å². The number of carboxylic acid groups (broad SMARTS) is 1. The molecule has 4 nitrogen and oxygen atoms in total. The lowest BCUT2D eigenvalue weighted by atomic mass is 9.61. The average molecular weight is 383 g/mol. The normalized spacial score (nSPS) is 22.0. The molecule has 0 aliphatic heterocycles. The second-order valence-corrected chi connectivity index (χ2v) is 7.53. The summed E-state index contributed by atoms with van der Waals surface area (Å²) in [5.74, 6) is -0.682. The number of benzene rings is 1. The van der Waals surface area contributed by atoms with Gasteiger partial charge >= 0.3 is 5.97 Å². The van der Waals surface area contributed by atoms with Crippen molar-refractivity contribution in [3.05, 3.63) is 33.3 Å². The fraction of sp³-hybridized carbons (Fsp3) is 0.474. The number of aryl methyl sites for hydroxylation is 1. The second kappa shape index (κ2) is 7.00. The largest absolute Gasteiger partial charge is 0.480 e. The highest BCUT2D eigenvalue weighted by Gasteiger charge is 2.42. The fourth-order valence-corrected chi connectivity index (χ4v) is 4.62. The lowest BCUT2D eigenvalue weighted by Gasteiger charge is -2.43. The van der Waals surface area contributed by atoms with E-state index in [2.05, 4.69) is 6.92 Å². The molecule has 1 unspecified atom stereocenters. The first-order chi connectivity index (χ1) is 11.9. The van der Waals surface area contributed by atoms with Crippen LogP contribution in [0.3, 0.4) is 0 Å². The van der Waals surface area contributed by atoms with E-state index in [9.17, 15) is 9.59 Å². The van der Waals surface area contributed by atoms with Gasteiger partial charge in [-0.05, 0) is 54.4 Å². The molecule has 0 heterocycles. The molecule has 134 valence electrons. The summed E-state index contributed by atoms with van der Waals surface area (Å²) < 4.78 is 5.27. The van der Waals surface area contributed by atoms with Crippen molar-refractivity contribution in [3.63, 3.8) is 0 Å². The van der Waals surface area contributed by atoms with Crippen molar-refractivity contribution in [2.75, 3.05) is 6.61 Å². The molecule has 0 aromatic heterocycles. The van der Waals surface area contributed by atoms with Gasteiger partial charge in [0.2, 0.25) is 0 Å². The highest BCUT2D eigenvalue weighted by atomic mass is 35.5. The van der Waals surface area contributed by atoms with Crippen LogP contribution in [0.2, 0.25) is 10.0 Å². The van der Waals surface area contributed by atoms with E-state index in [1.807, 2.05) is 0 Å². The van der Waals surface area contributed by atoms with Crippen LogP contribution in [0.1, 0.15) is 50.2 Å². The number of hydrogen-bond donors (Lipinski definition) is 1. The quantitative estimate of drug-likeness (QED) is 0.783. The van der Waals surface area contributed by atoms with Crippen LogP contribution in [0.25, 0.3) is 5.57 Å². The van der Waals surface area contributed by atoms with Crippen LogP contribution < -0.4 is 4.74 Å². The maximum Gasteiger partial charge on any atom is 0.341 e. The number of rotatable bonds is 5. The Labute approximate surface area is 156 Å². The number of fused-ring (bicyclic) bond motifs is 3. The summed E-state index contributed by atoms with van der Waals surface area (Å²) in [5, 5.41) is 9.35. The van der Waals surface area contributed by atoms with Gasteiger partial charge < -0.3 is 9.84 Å². The molecule has 0 amide bonds. The SMILES string of the molecule is CCCC12CCC(=O)C=C1c1c(cc(OCC(=O)O)c(Cl)c1Cl)CC2. The van der Waals surface area contributed by atoms with Crippen molar-refractivity contribution in [2.45, 2.75) is 45.4 Å². The lowest BCUT2D eigenvalue weighted by Crippen LogP contribution is -2.32. The van der Waals surface area contributed by atoms with Gasteiger partial charge in [0.05, 0.1) is 5.02 Å². The summed E-state index contributed by atoms with van der Waals surface area (Å²) in [4.78, 5) is 22.8. The zero-order valence-corrected chi connectivity index (χ0v) is 15.5. The number of hydrogen-bond acceptors (Lipinski definition) is 3. The smallest absolute Gasteiger partial charge is 0.341 e. The Balaban J connectivity index is 2.11. The van der Waals surface area contributed by atoms with Crippen LogP contribution in [0.15, 0.2) is 12.1 Å². The number of aliphatic carboxylic acids is 1. The van der Waals surface area contributed by atoms with Gasteiger partial charge in [-0.3, -0.25) is 4.79 Å². The molecule has 25 heavy (non-hydrogen) atoms. The van der Waals surface area contributed by atoms with Crippen molar-refractivity contribution in [1.82, 2.24) is 0 Å². The molecule has 1 N–H and O–H groups in total. The Morgan fingerprint density at radius 1 is 1.28 bits per heavy atom. The maximum absolute atomic E-state index is 12.1. The minimum absolute atomic E-state index is 0.0218. The van der Waals surface area contributed by atoms with Gasteiger partial charge in [-0.25, -0.2) is 4.79 Å². The van der Waals surface area contributed by atoms with Gasteiger partial charge in [0.25, 0.3) is 0 Å². The molecule has 3 rings (SSSR count). The molecule has 0 saturated carbocycles. The summed E-state index contributed by atoms with van der Waals surface area (Å²) in [6.07, 6.45) is 6.95. The lowest BCUT2D eigenvalue weighted by molar-refractivity contribution is -0.139. The summed E-state index contributed by atoms with van der Waals surface area (Å²) in [5.41, 5.74) is 2.76. The van der Waals surface area contributed by atoms with Gasteiger partial charge in [0, 0.05) is 12.0 Å². The van der Waals surface area contributed by atoms with E-state index in [1.54, 1.807) is 12.1 Å². The van der Waals surface area contributed by atoms with Crippen LogP contribution in [0.5, 0.6) is 5.75 Å². The molecular formula is C19H20Cl2O4. The molecule has 2 aliphatic carbocycles. The second-order valence-electron chi connectivity index (χ2n) is 6.77. The predicted octanol–water partition coefficient (Wildman–Crippen LogP) is 4.94. The van der Waals surface area contributed by atoms with Gasteiger partial charge in [-0.2, -0.15) is 0 Å². The van der Waals surface area contributed by atoms with E-state index in [-0.39, 0.29) is 22.0 Å². The zero-order valence-electron chi connectivity index (χ0n) is 14.0. The molecule has 0 saturated heterocycles. The van der Waals surface area contributed by atoms with Crippen LogP contribution in [-0.2, 0) is 16.0 Å². The standard InChI is InChI=1S/C19H20Cl2O4/c1-2-5-19-6-3-11-8-14(25-10-15(23)24)17(20)18(21)16(11)13(19)9-12(22)4-7-19/h8-9H,2-7,10H2,1H3,(H,23,24). The van der Waals surface area contributed by atoms with E-state index in [0.717, 1.165) is 48.8 Å². The zero-order chi connectivity index (χ0) is 18.2. The Morgan fingerprint density at radius 3 is 2.68 bits per heavy atom. The minimum Gasteiger partial charge on any atom is -0.480 e. The number of allylic oxidation sites excluding steroid dienone is 2. The first-order valence-electron chi connectivity index (χ1n) is 8.49. The summed E-state index contributed by atoms with van der Waals surface area (Å²) in [6, 6.07) is 1.77. The van der Waals surface area contributed by atoms with Gasteiger partial charge in [-0.15, -0.1) is 0 Å². The first kappa shape index (κ1) is 18.3. The number of halogens is 2. The molecule has 1 atom stereocenters. The van der Waals surface area contributed by atoms with E-state index < -0.39 is 12.6 Å². The number of ketones is 1. The van der Waals surface area contributed by atoms with Gasteiger partial charge in [-0.1, -0.05) is 36.5 Å². The number of carboxylic acids is 1. The summed E-state index contributed by atoms with van der Waals surface area (Å²) in [6.45, 7) is 1.67. The van der Waals surface area contributed by atoms with Crippen molar-refractivity contribution >= 4 is 40.5 Å². The topological polar surface area (TPSA) is 63.6 Å². The van der Waals surface area contributed by atoms with Crippen molar-refractivity contribution in [3.8, 4) is 5.75 Å². The monoisotopic (exact) mass is 382 g/mol. The molecule has 0 fully saturated rings. The van der Waals surface area contributed by atoms with E-state index >= 15 is 0 Å². The highest BCUT2D eigenvalue weighted by molar-refractivity contribution is 6.44. The van der Waals surface area contributed by atoms with Crippen LogP contribution in [0, 0.1) is 5.41 Å². The van der Waals surface area contributed by atoms with E-state index in [1.165, 1.54) is 0 Å². The Kier molecular flexibility index (Phi) is 5.12. The van der Waals surface area contributed by atoms with Gasteiger partial charge in [0.15, 0.2) is 12.4 Å². The van der Waals surface area contributed by atoms with E-state index in [4.69, 9.17) is 33.0 Å². The van der Waals surface area contributed by atoms with Crippen molar-refractivity contribution in [2.24, 2.45) is 5.41 Å². The Bertz CT molecular complexity index is 769. The molecule has 2 aliphatic rings. The molecule has 6 heteroatoms. The third kappa shape index (κ3) is 3.30. The number of carbonyl (C=O) groups is 2. The van der Waals surface area contributed by atoms with Crippen molar-refractivity contribution in [1.29, 1.82) is 0 Å². The number of ether oxygens (including phenoxy) is 1. The highest BCUT2D eigenvalue weighted by Crippen LogP contribution is 2.56. The van der Waals surface area contributed by atoms with Gasteiger partial charge in [0.1, 0.15) is 10.8 Å². The Hall–Kier alpha value is -1.52. The fourth-order valence-electron chi connectivity index (χ4n) is 4.10. The molecular weight excluding hydrogens is 363 g/mol. The molecule has 1 aromatic rings. The van der Waals surface area contributed by atoms with Crippen LogP contribution in [0.4, 0.5) is 0 Å². The third-order valence-corrected chi connectivity index (χ3v) is 6.05. The predicted molar refractivity (Wildman–Crippen MR) is 97.5 cm³/mol. The minimum atomic E-state index is -1.08. The molecule has 1 aromatic carbocycles. The summed E-state index contributed by atoms with van der Waals surface area (Å²) >= 11 is 12.9.